The Bertz CT molecular complexity index is 370. The van der Waals surface area contributed by atoms with Gasteiger partial charge in [0, 0.05) is 23.1 Å². The maximum Gasteiger partial charge on any atom is 0.251 e. The van der Waals surface area contributed by atoms with Gasteiger partial charge >= 0.3 is 0 Å². The second-order valence-corrected chi connectivity index (χ2v) is 4.58. The van der Waals surface area contributed by atoms with Crippen LogP contribution in [0.3, 0.4) is 0 Å². The van der Waals surface area contributed by atoms with Gasteiger partial charge in [0.25, 0.3) is 5.91 Å². The Labute approximate surface area is 121 Å². The van der Waals surface area contributed by atoms with Gasteiger partial charge in [0.05, 0.1) is 0 Å². The molecule has 0 unspecified atom stereocenters. The topological polar surface area (TPSA) is 41.1 Å². The number of amides is 1. The zero-order chi connectivity index (χ0) is 12.7. The van der Waals surface area contributed by atoms with Crippen LogP contribution in [-0.4, -0.2) is 25.5 Å². The van der Waals surface area contributed by atoms with Crippen LogP contribution in [0, 0.1) is 5.82 Å². The molecule has 0 fully saturated rings. The van der Waals surface area contributed by atoms with Crippen LogP contribution in [0.2, 0.25) is 0 Å². The molecule has 0 bridgehead atoms. The van der Waals surface area contributed by atoms with Crippen molar-refractivity contribution in [2.75, 3.05) is 19.6 Å². The summed E-state index contributed by atoms with van der Waals surface area (Å²) in [5.41, 5.74) is 0.326. The van der Waals surface area contributed by atoms with Crippen molar-refractivity contribution in [2.24, 2.45) is 0 Å². The Kier molecular flexibility index (Phi) is 8.97. The van der Waals surface area contributed by atoms with Crippen LogP contribution in [-0.2, 0) is 0 Å². The van der Waals surface area contributed by atoms with Gasteiger partial charge in [-0.3, -0.25) is 4.79 Å². The Hall–Kier alpha value is -0.650. The summed E-state index contributed by atoms with van der Waals surface area (Å²) in [4.78, 5) is 11.7. The Morgan fingerprint density at radius 1 is 1.28 bits per heavy atom. The van der Waals surface area contributed by atoms with Crippen LogP contribution in [0.1, 0.15) is 23.7 Å². The van der Waals surface area contributed by atoms with E-state index in [1.54, 1.807) is 6.07 Å². The van der Waals surface area contributed by atoms with Crippen LogP contribution in [0.25, 0.3) is 0 Å². The molecule has 0 aliphatic rings. The van der Waals surface area contributed by atoms with Gasteiger partial charge in [-0.1, -0.05) is 22.9 Å². The van der Waals surface area contributed by atoms with E-state index in [-0.39, 0.29) is 18.3 Å². The number of nitrogens with one attached hydrogen (secondary N) is 2. The molecule has 18 heavy (non-hydrogen) atoms. The van der Waals surface area contributed by atoms with Gasteiger partial charge in [-0.25, -0.2) is 4.39 Å². The molecule has 1 aromatic rings. The summed E-state index contributed by atoms with van der Waals surface area (Å²) < 4.78 is 13.6. The van der Waals surface area contributed by atoms with Gasteiger partial charge in [-0.15, -0.1) is 12.4 Å². The minimum absolute atomic E-state index is 0. The second kappa shape index (κ2) is 9.30. The number of benzene rings is 1. The molecule has 0 aliphatic heterocycles. The number of halogens is 3. The van der Waals surface area contributed by atoms with Gasteiger partial charge in [-0.2, -0.15) is 0 Å². The van der Waals surface area contributed by atoms with E-state index in [1.165, 1.54) is 12.1 Å². The number of hydrogen-bond donors (Lipinski definition) is 2. The molecule has 1 aromatic carbocycles. The van der Waals surface area contributed by atoms with Gasteiger partial charge < -0.3 is 10.6 Å². The standard InChI is InChI=1S/C12H16BrFN2O.ClH/c1-2-3-15-4-5-16-12(17)9-6-10(13)8-11(14)7-9;/h6-8,15H,2-5H2,1H3,(H,16,17);1H. The SMILES string of the molecule is CCCNCCNC(=O)c1cc(F)cc(Br)c1.Cl. The predicted molar refractivity (Wildman–Crippen MR) is 76.8 cm³/mol. The third-order valence-electron chi connectivity index (χ3n) is 2.14. The quantitative estimate of drug-likeness (QED) is 0.783. The van der Waals surface area contributed by atoms with Crippen LogP contribution in [0.4, 0.5) is 4.39 Å². The van der Waals surface area contributed by atoms with Crippen LogP contribution in [0.5, 0.6) is 0 Å². The zero-order valence-corrected chi connectivity index (χ0v) is 12.5. The van der Waals surface area contributed by atoms with Crippen molar-refractivity contribution in [1.82, 2.24) is 10.6 Å². The van der Waals surface area contributed by atoms with Crippen LogP contribution in [0.15, 0.2) is 22.7 Å². The zero-order valence-electron chi connectivity index (χ0n) is 10.1. The Morgan fingerprint density at radius 2 is 2.00 bits per heavy atom. The highest BCUT2D eigenvalue weighted by Gasteiger charge is 2.07. The van der Waals surface area contributed by atoms with Gasteiger partial charge in [0.2, 0.25) is 0 Å². The molecule has 0 radical (unpaired) electrons. The van der Waals surface area contributed by atoms with E-state index in [0.29, 0.717) is 16.6 Å². The monoisotopic (exact) mass is 338 g/mol. The van der Waals surface area contributed by atoms with Crippen molar-refractivity contribution in [3.8, 4) is 0 Å². The van der Waals surface area contributed by atoms with Gasteiger partial charge in [-0.05, 0) is 31.2 Å². The Morgan fingerprint density at radius 3 is 2.61 bits per heavy atom. The van der Waals surface area contributed by atoms with Crippen molar-refractivity contribution in [2.45, 2.75) is 13.3 Å². The van der Waals surface area contributed by atoms with E-state index in [4.69, 9.17) is 0 Å². The summed E-state index contributed by atoms with van der Waals surface area (Å²) in [6.45, 7) is 4.26. The lowest BCUT2D eigenvalue weighted by Crippen LogP contribution is -2.32. The lowest BCUT2D eigenvalue weighted by Gasteiger charge is -2.06. The van der Waals surface area contributed by atoms with Crippen molar-refractivity contribution >= 4 is 34.2 Å². The largest absolute Gasteiger partial charge is 0.351 e. The number of rotatable bonds is 6. The van der Waals surface area contributed by atoms with E-state index in [0.717, 1.165) is 19.5 Å². The molecule has 0 aromatic heterocycles. The van der Waals surface area contributed by atoms with Gasteiger partial charge in [0.1, 0.15) is 5.82 Å². The van der Waals surface area contributed by atoms with Crippen molar-refractivity contribution in [1.29, 1.82) is 0 Å². The molecule has 0 saturated carbocycles. The number of carbonyl (C=O) groups is 1. The average Bonchev–Trinajstić information content (AvgIpc) is 2.27. The summed E-state index contributed by atoms with van der Waals surface area (Å²) in [6.07, 6.45) is 1.06. The molecule has 6 heteroatoms. The minimum Gasteiger partial charge on any atom is -0.351 e. The maximum absolute atomic E-state index is 13.1. The van der Waals surface area contributed by atoms with Crippen molar-refractivity contribution < 1.29 is 9.18 Å². The van der Waals surface area contributed by atoms with E-state index < -0.39 is 5.82 Å². The van der Waals surface area contributed by atoms with Crippen LogP contribution < -0.4 is 10.6 Å². The molecule has 3 nitrogen and oxygen atoms in total. The number of hydrogen-bond acceptors (Lipinski definition) is 2. The molecule has 0 saturated heterocycles. The first-order valence-electron chi connectivity index (χ1n) is 5.58. The molecule has 0 spiro atoms. The third-order valence-corrected chi connectivity index (χ3v) is 2.60. The first-order valence-corrected chi connectivity index (χ1v) is 6.37. The van der Waals surface area contributed by atoms with E-state index >= 15 is 0 Å². The molecular weight excluding hydrogens is 322 g/mol. The smallest absolute Gasteiger partial charge is 0.251 e. The van der Waals surface area contributed by atoms with Crippen LogP contribution >= 0.6 is 28.3 Å². The number of carbonyl (C=O) groups excluding carboxylic acids is 1. The van der Waals surface area contributed by atoms with E-state index in [2.05, 4.69) is 33.5 Å². The highest BCUT2D eigenvalue weighted by Crippen LogP contribution is 2.14. The second-order valence-electron chi connectivity index (χ2n) is 3.66. The normalized spacial score (nSPS) is 9.72. The molecule has 102 valence electrons. The third kappa shape index (κ3) is 6.33. The lowest BCUT2D eigenvalue weighted by atomic mass is 10.2. The van der Waals surface area contributed by atoms with Gasteiger partial charge in [0.15, 0.2) is 0 Å². The highest BCUT2D eigenvalue weighted by molar-refractivity contribution is 9.10. The molecule has 2 N–H and O–H groups in total. The summed E-state index contributed by atoms with van der Waals surface area (Å²) in [7, 11) is 0. The van der Waals surface area contributed by atoms with Crippen molar-refractivity contribution in [3.63, 3.8) is 0 Å². The molecule has 0 heterocycles. The van der Waals surface area contributed by atoms with Crippen molar-refractivity contribution in [3.05, 3.63) is 34.1 Å². The molecule has 0 aliphatic carbocycles. The summed E-state index contributed by atoms with van der Waals surface area (Å²) in [5.74, 6) is -0.683. The van der Waals surface area contributed by atoms with E-state index in [9.17, 15) is 9.18 Å². The summed E-state index contributed by atoms with van der Waals surface area (Å²) in [6, 6.07) is 4.14. The fourth-order valence-electron chi connectivity index (χ4n) is 1.35. The molecular formula is C12H17BrClFN2O. The first-order chi connectivity index (χ1) is 8.13. The predicted octanol–water partition coefficient (Wildman–Crippen LogP) is 2.74. The summed E-state index contributed by atoms with van der Waals surface area (Å²) >= 11 is 3.15. The minimum atomic E-state index is -0.423. The average molecular weight is 340 g/mol. The molecule has 0 atom stereocenters. The fraction of sp³-hybridized carbons (Fsp3) is 0.417. The lowest BCUT2D eigenvalue weighted by molar-refractivity contribution is 0.0953. The summed E-state index contributed by atoms with van der Waals surface area (Å²) in [5, 5.41) is 5.89. The van der Waals surface area contributed by atoms with E-state index in [1.807, 2.05) is 0 Å². The highest BCUT2D eigenvalue weighted by atomic mass is 79.9. The Balaban J connectivity index is 0.00000289. The molecule has 1 amide bonds. The maximum atomic E-state index is 13.1. The first kappa shape index (κ1) is 17.4. The molecule has 1 rings (SSSR count). The fourth-order valence-corrected chi connectivity index (χ4v) is 1.82.